The highest BCUT2D eigenvalue weighted by Crippen LogP contribution is 2.27. The van der Waals surface area contributed by atoms with Crippen LogP contribution >= 0.6 is 11.6 Å². The lowest BCUT2D eigenvalue weighted by Crippen LogP contribution is -1.92. The zero-order chi connectivity index (χ0) is 11.5. The summed E-state index contributed by atoms with van der Waals surface area (Å²) in [5.74, 6) is 0.590. The average Bonchev–Trinajstić information content (AvgIpc) is 2.63. The van der Waals surface area contributed by atoms with Gasteiger partial charge in [-0.1, -0.05) is 37.1 Å². The van der Waals surface area contributed by atoms with Crippen molar-refractivity contribution >= 4 is 17.4 Å². The Morgan fingerprint density at radius 3 is 2.62 bits per heavy atom. The average molecular weight is 236 g/mol. The quantitative estimate of drug-likeness (QED) is 0.858. The van der Waals surface area contributed by atoms with Crippen LogP contribution in [0.1, 0.15) is 18.9 Å². The number of nitrogen functional groups attached to an aromatic ring is 1. The number of H-pyrrole nitrogens is 1. The predicted octanol–water partition coefficient (Wildman–Crippen LogP) is 3.26. The second kappa shape index (κ2) is 4.58. The van der Waals surface area contributed by atoms with Gasteiger partial charge < -0.3 is 5.73 Å². The molecule has 0 saturated carbocycles. The van der Waals surface area contributed by atoms with E-state index in [1.807, 2.05) is 24.3 Å². The van der Waals surface area contributed by atoms with E-state index in [1.165, 1.54) is 0 Å². The van der Waals surface area contributed by atoms with E-state index >= 15 is 0 Å². The minimum atomic E-state index is 0.590. The summed E-state index contributed by atoms with van der Waals surface area (Å²) in [6.07, 6.45) is 1.98. The number of nitrogens with zero attached hydrogens (tertiary/aromatic N) is 1. The van der Waals surface area contributed by atoms with Crippen molar-refractivity contribution < 1.29 is 0 Å². The Hall–Kier alpha value is -1.48. The summed E-state index contributed by atoms with van der Waals surface area (Å²) in [6.45, 7) is 2.12. The van der Waals surface area contributed by atoms with Crippen LogP contribution in [-0.2, 0) is 6.42 Å². The van der Waals surface area contributed by atoms with Gasteiger partial charge in [0.1, 0.15) is 5.82 Å². The Bertz CT molecular complexity index is 474. The number of hydrogen-bond acceptors (Lipinski definition) is 2. The van der Waals surface area contributed by atoms with Crippen LogP contribution in [0, 0.1) is 0 Å². The molecule has 0 aliphatic carbocycles. The number of nitrogens with two attached hydrogens (primary N) is 1. The van der Waals surface area contributed by atoms with E-state index in [4.69, 9.17) is 17.3 Å². The lowest BCUT2D eigenvalue weighted by Gasteiger charge is -2.02. The zero-order valence-electron chi connectivity index (χ0n) is 9.13. The van der Waals surface area contributed by atoms with Crippen LogP contribution in [-0.4, -0.2) is 10.2 Å². The fourth-order valence-electron chi connectivity index (χ4n) is 1.74. The largest absolute Gasteiger partial charge is 0.382 e. The molecule has 0 spiro atoms. The van der Waals surface area contributed by atoms with Crippen molar-refractivity contribution in [1.82, 2.24) is 10.2 Å². The van der Waals surface area contributed by atoms with Crippen LogP contribution in [0.4, 0.5) is 5.82 Å². The van der Waals surface area contributed by atoms with Gasteiger partial charge in [-0.2, -0.15) is 5.10 Å². The van der Waals surface area contributed by atoms with E-state index in [-0.39, 0.29) is 0 Å². The summed E-state index contributed by atoms with van der Waals surface area (Å²) in [5, 5.41) is 7.76. The number of aromatic amines is 1. The molecule has 0 unspecified atom stereocenters. The molecule has 1 aromatic heterocycles. The second-order valence-corrected chi connectivity index (χ2v) is 4.16. The third kappa shape index (κ3) is 2.04. The normalized spacial score (nSPS) is 10.6. The molecular formula is C12H14ClN3. The van der Waals surface area contributed by atoms with Gasteiger partial charge in [0.25, 0.3) is 0 Å². The van der Waals surface area contributed by atoms with Crippen LogP contribution < -0.4 is 5.73 Å². The lowest BCUT2D eigenvalue weighted by molar-refractivity contribution is 0.927. The topological polar surface area (TPSA) is 54.7 Å². The molecule has 16 heavy (non-hydrogen) atoms. The zero-order valence-corrected chi connectivity index (χ0v) is 9.88. The van der Waals surface area contributed by atoms with E-state index in [0.717, 1.165) is 34.7 Å². The maximum absolute atomic E-state index is 5.85. The van der Waals surface area contributed by atoms with Crippen LogP contribution in [0.25, 0.3) is 11.3 Å². The van der Waals surface area contributed by atoms with Crippen molar-refractivity contribution in [2.75, 3.05) is 5.73 Å². The second-order valence-electron chi connectivity index (χ2n) is 3.72. The van der Waals surface area contributed by atoms with Crippen molar-refractivity contribution in [3.8, 4) is 11.3 Å². The standard InChI is InChI=1S/C12H14ClN3/c1-2-3-10-11(15-16-12(10)14)8-4-6-9(13)7-5-8/h4-7H,2-3H2,1H3,(H3,14,15,16). The highest BCUT2D eigenvalue weighted by atomic mass is 35.5. The van der Waals surface area contributed by atoms with Crippen LogP contribution in [0.5, 0.6) is 0 Å². The summed E-state index contributed by atoms with van der Waals surface area (Å²) in [5.41, 5.74) is 8.98. The van der Waals surface area contributed by atoms with Crippen LogP contribution in [0.3, 0.4) is 0 Å². The molecule has 0 aliphatic rings. The number of aromatic nitrogens is 2. The van der Waals surface area contributed by atoms with Gasteiger partial charge in [-0.15, -0.1) is 0 Å². The minimum absolute atomic E-state index is 0.590. The molecule has 1 aromatic carbocycles. The van der Waals surface area contributed by atoms with E-state index < -0.39 is 0 Å². The third-order valence-electron chi connectivity index (χ3n) is 2.53. The van der Waals surface area contributed by atoms with E-state index in [9.17, 15) is 0 Å². The Kier molecular flexibility index (Phi) is 3.15. The summed E-state index contributed by atoms with van der Waals surface area (Å²) >= 11 is 5.85. The van der Waals surface area contributed by atoms with Gasteiger partial charge in [0.2, 0.25) is 0 Å². The fraction of sp³-hybridized carbons (Fsp3) is 0.250. The Morgan fingerprint density at radius 1 is 1.31 bits per heavy atom. The highest BCUT2D eigenvalue weighted by molar-refractivity contribution is 6.30. The molecule has 0 radical (unpaired) electrons. The van der Waals surface area contributed by atoms with Gasteiger partial charge in [0.15, 0.2) is 0 Å². The molecule has 84 valence electrons. The Morgan fingerprint density at radius 2 is 2.00 bits per heavy atom. The highest BCUT2D eigenvalue weighted by Gasteiger charge is 2.11. The summed E-state index contributed by atoms with van der Waals surface area (Å²) in [7, 11) is 0. The van der Waals surface area contributed by atoms with Gasteiger partial charge in [0.05, 0.1) is 5.69 Å². The molecule has 0 atom stereocenters. The molecule has 3 N–H and O–H groups in total. The molecule has 0 saturated heterocycles. The van der Waals surface area contributed by atoms with Crippen molar-refractivity contribution in [2.45, 2.75) is 19.8 Å². The first-order valence-electron chi connectivity index (χ1n) is 5.31. The van der Waals surface area contributed by atoms with E-state index in [1.54, 1.807) is 0 Å². The number of hydrogen-bond donors (Lipinski definition) is 2. The molecule has 0 bridgehead atoms. The molecule has 1 heterocycles. The van der Waals surface area contributed by atoms with Crippen LogP contribution in [0.15, 0.2) is 24.3 Å². The number of benzene rings is 1. The molecule has 2 aromatic rings. The monoisotopic (exact) mass is 235 g/mol. The maximum Gasteiger partial charge on any atom is 0.149 e. The minimum Gasteiger partial charge on any atom is -0.382 e. The number of rotatable bonds is 3. The van der Waals surface area contributed by atoms with Crippen molar-refractivity contribution in [1.29, 1.82) is 0 Å². The third-order valence-corrected chi connectivity index (χ3v) is 2.78. The first-order valence-corrected chi connectivity index (χ1v) is 5.68. The molecule has 4 heteroatoms. The number of anilines is 1. The first kappa shape index (κ1) is 11.0. The summed E-state index contributed by atoms with van der Waals surface area (Å²) < 4.78 is 0. The maximum atomic E-state index is 5.85. The number of nitrogens with one attached hydrogen (secondary N) is 1. The van der Waals surface area contributed by atoms with Gasteiger partial charge in [0, 0.05) is 10.6 Å². The number of halogens is 1. The van der Waals surface area contributed by atoms with Crippen molar-refractivity contribution in [3.05, 3.63) is 34.9 Å². The summed E-state index contributed by atoms with van der Waals surface area (Å²) in [6, 6.07) is 7.66. The van der Waals surface area contributed by atoms with Gasteiger partial charge in [-0.05, 0) is 24.1 Å². The molecular weight excluding hydrogens is 222 g/mol. The van der Waals surface area contributed by atoms with E-state index in [0.29, 0.717) is 5.82 Å². The van der Waals surface area contributed by atoms with Gasteiger partial charge in [-0.3, -0.25) is 5.10 Å². The van der Waals surface area contributed by atoms with Gasteiger partial charge in [-0.25, -0.2) is 0 Å². The molecule has 0 aliphatic heterocycles. The van der Waals surface area contributed by atoms with Crippen LogP contribution in [0.2, 0.25) is 5.02 Å². The molecule has 0 amide bonds. The SMILES string of the molecule is CCCc1c(N)n[nH]c1-c1ccc(Cl)cc1. The van der Waals surface area contributed by atoms with Crippen molar-refractivity contribution in [2.24, 2.45) is 0 Å². The van der Waals surface area contributed by atoms with Gasteiger partial charge >= 0.3 is 0 Å². The molecule has 0 fully saturated rings. The van der Waals surface area contributed by atoms with Crippen molar-refractivity contribution in [3.63, 3.8) is 0 Å². The smallest absolute Gasteiger partial charge is 0.149 e. The lowest BCUT2D eigenvalue weighted by atomic mass is 10.0. The fourth-order valence-corrected chi connectivity index (χ4v) is 1.86. The Labute approximate surface area is 99.6 Å². The molecule has 2 rings (SSSR count). The first-order chi connectivity index (χ1) is 7.72. The predicted molar refractivity (Wildman–Crippen MR) is 67.4 cm³/mol. The Balaban J connectivity index is 2.43. The van der Waals surface area contributed by atoms with E-state index in [2.05, 4.69) is 17.1 Å². The summed E-state index contributed by atoms with van der Waals surface area (Å²) in [4.78, 5) is 0. The molecule has 3 nitrogen and oxygen atoms in total.